The molecule has 0 spiro atoms. The monoisotopic (exact) mass is 257 g/mol. The maximum absolute atomic E-state index is 3.93. The van der Waals surface area contributed by atoms with Gasteiger partial charge in [-0.05, 0) is 31.6 Å². The molecule has 1 heteroatoms. The van der Waals surface area contributed by atoms with Gasteiger partial charge in [0.05, 0.1) is 0 Å². The molecular formula is C18H27N. The predicted molar refractivity (Wildman–Crippen MR) is 86.2 cm³/mol. The zero-order chi connectivity index (χ0) is 13.9. The first-order chi connectivity index (χ1) is 9.30. The van der Waals surface area contributed by atoms with E-state index < -0.39 is 0 Å². The average molecular weight is 257 g/mol. The van der Waals surface area contributed by atoms with Crippen LogP contribution in [0.3, 0.4) is 0 Å². The molecule has 0 radical (unpaired) electrons. The normalized spacial score (nSPS) is 21.4. The molecule has 1 N–H and O–H groups in total. The van der Waals surface area contributed by atoms with Gasteiger partial charge in [0.2, 0.25) is 0 Å². The summed E-state index contributed by atoms with van der Waals surface area (Å²) in [6.07, 6.45) is 21.5. The molecule has 1 rings (SSSR count). The molecule has 0 aromatic carbocycles. The maximum atomic E-state index is 3.93. The van der Waals surface area contributed by atoms with Crippen LogP contribution in [0.2, 0.25) is 0 Å². The molecular weight excluding hydrogens is 230 g/mol. The van der Waals surface area contributed by atoms with Crippen LogP contribution in [0.5, 0.6) is 0 Å². The van der Waals surface area contributed by atoms with Crippen LogP contribution < -0.4 is 5.32 Å². The van der Waals surface area contributed by atoms with Gasteiger partial charge in [0.1, 0.15) is 0 Å². The Balaban J connectivity index is 2.37. The number of hydrogen-bond donors (Lipinski definition) is 1. The fourth-order valence-electron chi connectivity index (χ4n) is 2.22. The molecule has 0 amide bonds. The minimum atomic E-state index is 0.346. The van der Waals surface area contributed by atoms with E-state index in [1.807, 2.05) is 12.2 Å². The van der Waals surface area contributed by atoms with E-state index in [0.717, 1.165) is 19.3 Å². The van der Waals surface area contributed by atoms with Crippen LogP contribution in [-0.2, 0) is 0 Å². The van der Waals surface area contributed by atoms with Crippen LogP contribution in [0.25, 0.3) is 0 Å². The molecule has 19 heavy (non-hydrogen) atoms. The summed E-state index contributed by atoms with van der Waals surface area (Å²) in [5, 5.41) is 3.60. The Hall–Kier alpha value is -1.34. The highest BCUT2D eigenvalue weighted by Gasteiger charge is 2.09. The van der Waals surface area contributed by atoms with Gasteiger partial charge in [0.15, 0.2) is 0 Å². The molecule has 0 saturated heterocycles. The van der Waals surface area contributed by atoms with Crippen molar-refractivity contribution >= 4 is 0 Å². The molecule has 3 atom stereocenters. The van der Waals surface area contributed by atoms with Crippen molar-refractivity contribution in [3.63, 3.8) is 0 Å². The van der Waals surface area contributed by atoms with E-state index in [-0.39, 0.29) is 0 Å². The predicted octanol–water partition coefficient (Wildman–Crippen LogP) is 4.56. The van der Waals surface area contributed by atoms with Crippen molar-refractivity contribution in [3.8, 4) is 0 Å². The van der Waals surface area contributed by atoms with Crippen molar-refractivity contribution in [3.05, 3.63) is 61.8 Å². The van der Waals surface area contributed by atoms with Crippen LogP contribution >= 0.6 is 0 Å². The highest BCUT2D eigenvalue weighted by atomic mass is 14.9. The topological polar surface area (TPSA) is 12.0 Å². The Labute approximate surface area is 118 Å². The van der Waals surface area contributed by atoms with Gasteiger partial charge in [-0.2, -0.15) is 0 Å². The fraction of sp³-hybridized carbons (Fsp3) is 0.444. The second-order valence-electron chi connectivity index (χ2n) is 5.02. The van der Waals surface area contributed by atoms with Gasteiger partial charge in [-0.1, -0.05) is 55.5 Å². The van der Waals surface area contributed by atoms with Gasteiger partial charge >= 0.3 is 0 Å². The Morgan fingerprint density at radius 1 is 1.32 bits per heavy atom. The molecule has 1 aliphatic carbocycles. The smallest absolute Gasteiger partial charge is 0.0293 e. The Morgan fingerprint density at radius 3 is 2.74 bits per heavy atom. The molecule has 0 heterocycles. The molecule has 0 fully saturated rings. The third-order valence-corrected chi connectivity index (χ3v) is 3.49. The zero-order valence-electron chi connectivity index (χ0n) is 12.1. The molecule has 0 bridgehead atoms. The van der Waals surface area contributed by atoms with E-state index in [9.17, 15) is 0 Å². The van der Waals surface area contributed by atoms with Crippen LogP contribution in [-0.4, -0.2) is 12.1 Å². The molecule has 104 valence electrons. The van der Waals surface area contributed by atoms with Gasteiger partial charge in [0.25, 0.3) is 0 Å². The highest BCUT2D eigenvalue weighted by Crippen LogP contribution is 2.12. The van der Waals surface area contributed by atoms with Gasteiger partial charge in [0, 0.05) is 12.1 Å². The summed E-state index contributed by atoms with van der Waals surface area (Å²) in [5.41, 5.74) is 0. The van der Waals surface area contributed by atoms with Crippen LogP contribution in [0.4, 0.5) is 0 Å². The molecule has 0 aromatic rings. The van der Waals surface area contributed by atoms with Gasteiger partial charge in [-0.3, -0.25) is 0 Å². The lowest BCUT2D eigenvalue weighted by Gasteiger charge is -2.20. The summed E-state index contributed by atoms with van der Waals surface area (Å²) in [7, 11) is 0. The summed E-state index contributed by atoms with van der Waals surface area (Å²) in [6, 6.07) is 0.787. The van der Waals surface area contributed by atoms with E-state index in [1.165, 1.54) is 6.42 Å². The summed E-state index contributed by atoms with van der Waals surface area (Å²) >= 11 is 0. The number of allylic oxidation sites excluding steroid dienone is 4. The minimum Gasteiger partial charge on any atom is -0.304 e. The number of rotatable bonds is 9. The SMILES string of the molecule is C=CCC(/C=C/CC(C=C)NC1C=CC=CC1)CC. The zero-order valence-corrected chi connectivity index (χ0v) is 12.1. The Bertz CT molecular complexity index is 349. The molecule has 0 aromatic heterocycles. The van der Waals surface area contributed by atoms with E-state index >= 15 is 0 Å². The highest BCUT2D eigenvalue weighted by molar-refractivity contribution is 5.14. The van der Waals surface area contributed by atoms with E-state index in [4.69, 9.17) is 0 Å². The number of nitrogens with one attached hydrogen (secondary N) is 1. The maximum Gasteiger partial charge on any atom is 0.0293 e. The number of hydrogen-bond acceptors (Lipinski definition) is 1. The second-order valence-corrected chi connectivity index (χ2v) is 5.02. The van der Waals surface area contributed by atoms with Crippen molar-refractivity contribution < 1.29 is 0 Å². The summed E-state index contributed by atoms with van der Waals surface area (Å²) in [5.74, 6) is 0.625. The van der Waals surface area contributed by atoms with Crippen LogP contribution in [0.15, 0.2) is 61.8 Å². The lowest BCUT2D eigenvalue weighted by atomic mass is 10.0. The standard InChI is InChI=1S/C18H27N/c1-4-11-16(5-2)12-10-15-17(6-3)19-18-13-8-7-9-14-18/h4,6-10,12-13,16-19H,1,3,5,11,14-15H2,2H3/b12-10+. The van der Waals surface area contributed by atoms with Crippen molar-refractivity contribution in [1.29, 1.82) is 0 Å². The summed E-state index contributed by atoms with van der Waals surface area (Å²) in [4.78, 5) is 0. The first kappa shape index (κ1) is 15.7. The Morgan fingerprint density at radius 2 is 2.16 bits per heavy atom. The lowest BCUT2D eigenvalue weighted by molar-refractivity contribution is 0.530. The molecule has 1 aliphatic rings. The first-order valence-corrected chi connectivity index (χ1v) is 7.29. The van der Waals surface area contributed by atoms with Gasteiger partial charge in [-0.15, -0.1) is 13.2 Å². The average Bonchev–Trinajstić information content (AvgIpc) is 2.46. The summed E-state index contributed by atoms with van der Waals surface area (Å²) in [6.45, 7) is 9.96. The van der Waals surface area contributed by atoms with Crippen molar-refractivity contribution in [2.75, 3.05) is 0 Å². The molecule has 0 saturated carbocycles. The third kappa shape index (κ3) is 6.40. The van der Waals surface area contributed by atoms with Crippen LogP contribution in [0.1, 0.15) is 32.6 Å². The molecule has 0 aliphatic heterocycles. The van der Waals surface area contributed by atoms with E-state index in [0.29, 0.717) is 18.0 Å². The van der Waals surface area contributed by atoms with Crippen molar-refractivity contribution in [2.24, 2.45) is 5.92 Å². The second kappa shape index (κ2) is 9.57. The minimum absolute atomic E-state index is 0.346. The molecule has 1 nitrogen and oxygen atoms in total. The fourth-order valence-corrected chi connectivity index (χ4v) is 2.22. The van der Waals surface area contributed by atoms with Gasteiger partial charge < -0.3 is 5.32 Å². The van der Waals surface area contributed by atoms with E-state index in [1.54, 1.807) is 0 Å². The molecule has 3 unspecified atom stereocenters. The largest absolute Gasteiger partial charge is 0.304 e. The third-order valence-electron chi connectivity index (χ3n) is 3.49. The van der Waals surface area contributed by atoms with E-state index in [2.05, 4.69) is 61.9 Å². The van der Waals surface area contributed by atoms with Crippen LogP contribution in [0, 0.1) is 5.92 Å². The van der Waals surface area contributed by atoms with Crippen molar-refractivity contribution in [2.45, 2.75) is 44.7 Å². The summed E-state index contributed by atoms with van der Waals surface area (Å²) < 4.78 is 0. The quantitative estimate of drug-likeness (QED) is 0.597. The Kier molecular flexibility index (Phi) is 7.92. The lowest BCUT2D eigenvalue weighted by Crippen LogP contribution is -2.35. The first-order valence-electron chi connectivity index (χ1n) is 7.29. The van der Waals surface area contributed by atoms with Gasteiger partial charge in [-0.25, -0.2) is 0 Å². The van der Waals surface area contributed by atoms with Crippen molar-refractivity contribution in [1.82, 2.24) is 5.32 Å².